The van der Waals surface area contributed by atoms with E-state index >= 15 is 0 Å². The number of pyridine rings is 1. The second-order valence-corrected chi connectivity index (χ2v) is 9.11. The fraction of sp³-hybridized carbons (Fsp3) is 0.350. The normalized spacial score (nSPS) is 18.0. The molecular formula is C20H23N5O3S. The number of sulfonamides is 1. The minimum absolute atomic E-state index is 0.0348. The summed E-state index contributed by atoms with van der Waals surface area (Å²) in [4.78, 5) is 12.8. The molecule has 1 N–H and O–H groups in total. The van der Waals surface area contributed by atoms with Crippen molar-refractivity contribution in [3.8, 4) is 0 Å². The van der Waals surface area contributed by atoms with Crippen molar-refractivity contribution in [3.05, 3.63) is 60.0 Å². The van der Waals surface area contributed by atoms with Crippen LogP contribution in [0.1, 0.15) is 42.4 Å². The minimum Gasteiger partial charge on any atom is -0.345 e. The molecule has 8 nitrogen and oxygen atoms in total. The van der Waals surface area contributed by atoms with Gasteiger partial charge in [0, 0.05) is 24.3 Å². The van der Waals surface area contributed by atoms with Gasteiger partial charge in [0.25, 0.3) is 5.91 Å². The van der Waals surface area contributed by atoms with Crippen LogP contribution in [-0.4, -0.2) is 45.8 Å². The smallest absolute Gasteiger partial charge is 0.251 e. The highest BCUT2D eigenvalue weighted by molar-refractivity contribution is 7.89. The van der Waals surface area contributed by atoms with Crippen molar-refractivity contribution in [3.63, 3.8) is 0 Å². The summed E-state index contributed by atoms with van der Waals surface area (Å²) < 4.78 is 29.4. The second kappa shape index (κ2) is 7.92. The van der Waals surface area contributed by atoms with Gasteiger partial charge in [0.1, 0.15) is 0 Å². The zero-order valence-corrected chi connectivity index (χ0v) is 17.0. The molecule has 0 spiro atoms. The second-order valence-electron chi connectivity index (χ2n) is 7.22. The van der Waals surface area contributed by atoms with Crippen LogP contribution in [0.2, 0.25) is 0 Å². The lowest BCUT2D eigenvalue weighted by Crippen LogP contribution is -2.42. The van der Waals surface area contributed by atoms with Crippen LogP contribution < -0.4 is 5.32 Å². The van der Waals surface area contributed by atoms with E-state index in [0.29, 0.717) is 23.6 Å². The molecule has 3 aromatic rings. The van der Waals surface area contributed by atoms with Crippen LogP contribution >= 0.6 is 0 Å². The van der Waals surface area contributed by atoms with E-state index in [1.165, 1.54) is 10.4 Å². The molecule has 1 aliphatic heterocycles. The van der Waals surface area contributed by atoms with Crippen LogP contribution in [0.5, 0.6) is 0 Å². The quantitative estimate of drug-likeness (QED) is 0.692. The third-order valence-electron chi connectivity index (χ3n) is 5.24. The molecule has 1 aromatic carbocycles. The number of piperidine rings is 1. The van der Waals surface area contributed by atoms with Gasteiger partial charge in [-0.25, -0.2) is 8.42 Å². The van der Waals surface area contributed by atoms with E-state index in [1.54, 1.807) is 22.6 Å². The molecular weight excluding hydrogens is 390 g/mol. The molecule has 9 heteroatoms. The Morgan fingerprint density at radius 3 is 2.86 bits per heavy atom. The Kier molecular flexibility index (Phi) is 5.33. The Morgan fingerprint density at radius 1 is 1.17 bits per heavy atom. The third-order valence-corrected chi connectivity index (χ3v) is 7.25. The van der Waals surface area contributed by atoms with E-state index < -0.39 is 10.0 Å². The Bertz CT molecular complexity index is 1140. The van der Waals surface area contributed by atoms with Crippen molar-refractivity contribution in [2.75, 3.05) is 6.54 Å². The molecule has 0 bridgehead atoms. The number of hydrogen-bond donors (Lipinski definition) is 1. The number of aromatic nitrogens is 3. The molecule has 29 heavy (non-hydrogen) atoms. The van der Waals surface area contributed by atoms with Gasteiger partial charge in [0.05, 0.1) is 11.4 Å². The SMILES string of the molecule is C[C@H]1CCCCN1S(=O)(=O)c1cccc(C(=O)NCc2nnc3ccccn23)c1. The largest absolute Gasteiger partial charge is 0.345 e. The molecule has 1 atom stereocenters. The summed E-state index contributed by atoms with van der Waals surface area (Å²) in [5.41, 5.74) is 0.991. The Hall–Kier alpha value is -2.78. The van der Waals surface area contributed by atoms with Crippen molar-refractivity contribution < 1.29 is 13.2 Å². The average Bonchev–Trinajstić information content (AvgIpc) is 3.15. The summed E-state index contributed by atoms with van der Waals surface area (Å²) in [6.07, 6.45) is 4.57. The maximum Gasteiger partial charge on any atom is 0.251 e. The first kappa shape index (κ1) is 19.5. The van der Waals surface area contributed by atoms with Crippen molar-refractivity contribution >= 4 is 21.6 Å². The Balaban J connectivity index is 1.51. The predicted octanol–water partition coefficient (Wildman–Crippen LogP) is 2.22. The molecule has 1 saturated heterocycles. The van der Waals surface area contributed by atoms with E-state index in [4.69, 9.17) is 0 Å². The van der Waals surface area contributed by atoms with E-state index in [0.717, 1.165) is 19.3 Å². The number of benzene rings is 1. The maximum atomic E-state index is 13.0. The van der Waals surface area contributed by atoms with Gasteiger partial charge in [-0.15, -0.1) is 10.2 Å². The van der Waals surface area contributed by atoms with Crippen LogP contribution in [0.15, 0.2) is 53.6 Å². The molecule has 3 heterocycles. The van der Waals surface area contributed by atoms with E-state index in [2.05, 4.69) is 15.5 Å². The monoisotopic (exact) mass is 413 g/mol. The highest BCUT2D eigenvalue weighted by Crippen LogP contribution is 2.25. The van der Waals surface area contributed by atoms with Gasteiger partial charge in [-0.3, -0.25) is 9.20 Å². The van der Waals surface area contributed by atoms with Crippen molar-refractivity contribution in [2.24, 2.45) is 0 Å². The summed E-state index contributed by atoms with van der Waals surface area (Å²) in [6, 6.07) is 11.7. The third kappa shape index (κ3) is 3.88. The molecule has 0 unspecified atom stereocenters. The lowest BCUT2D eigenvalue weighted by atomic mass is 10.1. The van der Waals surface area contributed by atoms with E-state index in [1.807, 2.05) is 31.3 Å². The van der Waals surface area contributed by atoms with Gasteiger partial charge in [0.2, 0.25) is 10.0 Å². The van der Waals surface area contributed by atoms with Gasteiger partial charge in [-0.2, -0.15) is 4.31 Å². The number of nitrogens with zero attached hydrogens (tertiary/aromatic N) is 4. The first-order valence-corrected chi connectivity index (χ1v) is 11.1. The fourth-order valence-corrected chi connectivity index (χ4v) is 5.38. The number of hydrogen-bond acceptors (Lipinski definition) is 5. The van der Waals surface area contributed by atoms with Crippen LogP contribution in [0.25, 0.3) is 5.65 Å². The topological polar surface area (TPSA) is 96.7 Å². The number of fused-ring (bicyclic) bond motifs is 1. The van der Waals surface area contributed by atoms with Gasteiger partial charge < -0.3 is 5.32 Å². The molecule has 0 saturated carbocycles. The fourth-order valence-electron chi connectivity index (χ4n) is 3.63. The lowest BCUT2D eigenvalue weighted by molar-refractivity contribution is 0.0949. The highest BCUT2D eigenvalue weighted by atomic mass is 32.2. The molecule has 0 aliphatic carbocycles. The van der Waals surface area contributed by atoms with Crippen molar-refractivity contribution in [2.45, 2.75) is 43.7 Å². The van der Waals surface area contributed by atoms with Gasteiger partial charge in [0.15, 0.2) is 11.5 Å². The number of carbonyl (C=O) groups is 1. The van der Waals surface area contributed by atoms with E-state index in [-0.39, 0.29) is 23.4 Å². The molecule has 2 aromatic heterocycles. The molecule has 152 valence electrons. The number of nitrogens with one attached hydrogen (secondary N) is 1. The average molecular weight is 414 g/mol. The minimum atomic E-state index is -3.63. The summed E-state index contributed by atoms with van der Waals surface area (Å²) in [5, 5.41) is 10.9. The van der Waals surface area contributed by atoms with Crippen LogP contribution in [0, 0.1) is 0 Å². The zero-order valence-electron chi connectivity index (χ0n) is 16.2. The molecule has 1 amide bonds. The number of amides is 1. The van der Waals surface area contributed by atoms with E-state index in [9.17, 15) is 13.2 Å². The number of rotatable bonds is 5. The molecule has 1 aliphatic rings. The van der Waals surface area contributed by atoms with Gasteiger partial charge >= 0.3 is 0 Å². The molecule has 1 fully saturated rings. The van der Waals surface area contributed by atoms with Crippen molar-refractivity contribution in [1.29, 1.82) is 0 Å². The van der Waals surface area contributed by atoms with Crippen LogP contribution in [-0.2, 0) is 16.6 Å². The predicted molar refractivity (Wildman–Crippen MR) is 108 cm³/mol. The molecule has 0 radical (unpaired) electrons. The van der Waals surface area contributed by atoms with Crippen LogP contribution in [0.3, 0.4) is 0 Å². The first-order valence-electron chi connectivity index (χ1n) is 9.65. The lowest BCUT2D eigenvalue weighted by Gasteiger charge is -2.32. The summed E-state index contributed by atoms with van der Waals surface area (Å²) in [5.74, 6) is 0.237. The Morgan fingerprint density at radius 2 is 2.03 bits per heavy atom. The van der Waals surface area contributed by atoms with Crippen molar-refractivity contribution in [1.82, 2.24) is 24.2 Å². The summed E-state index contributed by atoms with van der Waals surface area (Å²) in [6.45, 7) is 2.63. The first-order chi connectivity index (χ1) is 14.0. The van der Waals surface area contributed by atoms with Gasteiger partial charge in [-0.05, 0) is 50.1 Å². The molecule has 4 rings (SSSR count). The standard InChI is InChI=1S/C20H23N5O3S/c1-15-7-2-5-12-25(15)29(27,28)17-9-6-8-16(13-17)20(26)21-14-19-23-22-18-10-3-4-11-24(18)19/h3-4,6,8-11,13,15H,2,5,7,12,14H2,1H3,(H,21,26)/t15-/m0/s1. The zero-order chi connectivity index (χ0) is 20.4. The summed E-state index contributed by atoms with van der Waals surface area (Å²) in [7, 11) is -3.63. The summed E-state index contributed by atoms with van der Waals surface area (Å²) >= 11 is 0. The maximum absolute atomic E-state index is 13.0. The van der Waals surface area contributed by atoms with Crippen LogP contribution in [0.4, 0.5) is 0 Å². The highest BCUT2D eigenvalue weighted by Gasteiger charge is 2.31. The number of carbonyl (C=O) groups excluding carboxylic acids is 1. The Labute approximate surface area is 169 Å². The van der Waals surface area contributed by atoms with Gasteiger partial charge in [-0.1, -0.05) is 18.6 Å².